The van der Waals surface area contributed by atoms with Crippen LogP contribution in [0.5, 0.6) is 0 Å². The molecule has 5 heteroatoms. The van der Waals surface area contributed by atoms with E-state index in [4.69, 9.17) is 0 Å². The zero-order valence-corrected chi connectivity index (χ0v) is 12.3. The Kier molecular flexibility index (Phi) is 6.15. The Balaban J connectivity index is 2.57. The quantitative estimate of drug-likeness (QED) is 0.755. The molecule has 0 aliphatic carbocycles. The highest BCUT2D eigenvalue weighted by Crippen LogP contribution is 2.21. The van der Waals surface area contributed by atoms with Gasteiger partial charge in [-0.05, 0) is 25.5 Å². The molecule has 0 aromatic heterocycles. The van der Waals surface area contributed by atoms with Gasteiger partial charge in [-0.25, -0.2) is 0 Å². The van der Waals surface area contributed by atoms with E-state index in [9.17, 15) is 9.90 Å². The molecular weight excluding hydrogens is 296 g/mol. The molecule has 1 amide bonds. The zero-order valence-electron chi connectivity index (χ0n) is 10.7. The highest BCUT2D eigenvalue weighted by Gasteiger charge is 2.07. The van der Waals surface area contributed by atoms with Crippen LogP contribution in [0.2, 0.25) is 0 Å². The molecule has 1 aromatic carbocycles. The van der Waals surface area contributed by atoms with Gasteiger partial charge in [0.25, 0.3) is 0 Å². The van der Waals surface area contributed by atoms with Crippen molar-refractivity contribution < 1.29 is 9.90 Å². The second-order valence-electron chi connectivity index (χ2n) is 4.19. The highest BCUT2D eigenvalue weighted by molar-refractivity contribution is 9.10. The van der Waals surface area contributed by atoms with Crippen LogP contribution in [0.15, 0.2) is 22.7 Å². The molecule has 0 aliphatic rings. The van der Waals surface area contributed by atoms with E-state index in [1.807, 2.05) is 32.0 Å². The Labute approximate surface area is 116 Å². The summed E-state index contributed by atoms with van der Waals surface area (Å²) in [4.78, 5) is 11.6. The standard InChI is InChI=1S/C13H19BrN2O2/c1-3-9(2)16-13(18)7-15-12-6-11(14)5-4-10(12)8-17/h4-6,9,15,17H,3,7-8H2,1-2H3,(H,16,18). The van der Waals surface area contributed by atoms with Crippen molar-refractivity contribution in [1.82, 2.24) is 5.32 Å². The van der Waals surface area contributed by atoms with E-state index in [1.54, 1.807) is 0 Å². The summed E-state index contributed by atoms with van der Waals surface area (Å²) in [6.45, 7) is 4.14. The number of nitrogens with one attached hydrogen (secondary N) is 2. The lowest BCUT2D eigenvalue weighted by atomic mass is 10.2. The number of amides is 1. The molecule has 1 aromatic rings. The predicted octanol–water partition coefficient (Wildman–Crippen LogP) is 2.27. The lowest BCUT2D eigenvalue weighted by Gasteiger charge is -2.14. The molecule has 1 rings (SSSR count). The molecule has 0 aliphatic heterocycles. The molecular formula is C13H19BrN2O2. The Morgan fingerprint density at radius 3 is 2.83 bits per heavy atom. The second-order valence-corrected chi connectivity index (χ2v) is 5.11. The van der Waals surface area contributed by atoms with Gasteiger partial charge in [-0.3, -0.25) is 4.79 Å². The van der Waals surface area contributed by atoms with Crippen molar-refractivity contribution in [3.63, 3.8) is 0 Å². The Bertz CT molecular complexity index is 410. The van der Waals surface area contributed by atoms with Gasteiger partial charge in [0.1, 0.15) is 0 Å². The van der Waals surface area contributed by atoms with Crippen molar-refractivity contribution in [3.8, 4) is 0 Å². The average Bonchev–Trinajstić information content (AvgIpc) is 2.36. The minimum absolute atomic E-state index is 0.0479. The number of carbonyl (C=O) groups excluding carboxylic acids is 1. The lowest BCUT2D eigenvalue weighted by molar-refractivity contribution is -0.120. The van der Waals surface area contributed by atoms with Gasteiger partial charge in [0.05, 0.1) is 13.2 Å². The maximum Gasteiger partial charge on any atom is 0.239 e. The first-order valence-electron chi connectivity index (χ1n) is 5.99. The van der Waals surface area contributed by atoms with Crippen LogP contribution in [0.3, 0.4) is 0 Å². The molecule has 3 N–H and O–H groups in total. The van der Waals surface area contributed by atoms with E-state index in [0.29, 0.717) is 0 Å². The van der Waals surface area contributed by atoms with Crippen molar-refractivity contribution in [2.75, 3.05) is 11.9 Å². The van der Waals surface area contributed by atoms with Gasteiger partial charge in [0.2, 0.25) is 5.91 Å². The average molecular weight is 315 g/mol. The fourth-order valence-electron chi connectivity index (χ4n) is 1.45. The van der Waals surface area contributed by atoms with E-state index in [2.05, 4.69) is 26.6 Å². The molecule has 0 spiro atoms. The summed E-state index contributed by atoms with van der Waals surface area (Å²) in [6.07, 6.45) is 0.907. The third-order valence-corrected chi connectivity index (χ3v) is 3.19. The Morgan fingerprint density at radius 2 is 2.22 bits per heavy atom. The molecule has 1 unspecified atom stereocenters. The largest absolute Gasteiger partial charge is 0.392 e. The molecule has 0 heterocycles. The summed E-state index contributed by atoms with van der Waals surface area (Å²) in [5.41, 5.74) is 1.54. The first-order chi connectivity index (χ1) is 8.56. The third kappa shape index (κ3) is 4.66. The summed E-state index contributed by atoms with van der Waals surface area (Å²) in [7, 11) is 0. The molecule has 0 radical (unpaired) electrons. The van der Waals surface area contributed by atoms with Crippen molar-refractivity contribution in [3.05, 3.63) is 28.2 Å². The van der Waals surface area contributed by atoms with Crippen molar-refractivity contribution >= 4 is 27.5 Å². The maximum absolute atomic E-state index is 11.6. The third-order valence-electron chi connectivity index (χ3n) is 2.70. The Morgan fingerprint density at radius 1 is 1.50 bits per heavy atom. The van der Waals surface area contributed by atoms with Crippen LogP contribution in [-0.2, 0) is 11.4 Å². The summed E-state index contributed by atoms with van der Waals surface area (Å²) in [6, 6.07) is 5.70. The van der Waals surface area contributed by atoms with Crippen LogP contribution < -0.4 is 10.6 Å². The Hall–Kier alpha value is -1.07. The zero-order chi connectivity index (χ0) is 13.5. The van der Waals surface area contributed by atoms with Crippen LogP contribution in [0, 0.1) is 0 Å². The number of hydrogen-bond acceptors (Lipinski definition) is 3. The highest BCUT2D eigenvalue weighted by atomic mass is 79.9. The van der Waals surface area contributed by atoms with Crippen LogP contribution in [0.1, 0.15) is 25.8 Å². The van der Waals surface area contributed by atoms with Crippen molar-refractivity contribution in [1.29, 1.82) is 0 Å². The predicted molar refractivity (Wildman–Crippen MR) is 76.5 cm³/mol. The van der Waals surface area contributed by atoms with Gasteiger partial charge < -0.3 is 15.7 Å². The summed E-state index contributed by atoms with van der Waals surface area (Å²) >= 11 is 3.36. The van der Waals surface area contributed by atoms with E-state index >= 15 is 0 Å². The fourth-order valence-corrected chi connectivity index (χ4v) is 1.82. The van der Waals surface area contributed by atoms with Crippen LogP contribution in [0.25, 0.3) is 0 Å². The monoisotopic (exact) mass is 314 g/mol. The van der Waals surface area contributed by atoms with E-state index in [0.717, 1.165) is 22.1 Å². The minimum atomic E-state index is -0.0530. The summed E-state index contributed by atoms with van der Waals surface area (Å²) < 4.78 is 0.907. The number of aliphatic hydroxyl groups is 1. The molecule has 0 bridgehead atoms. The van der Waals surface area contributed by atoms with Crippen LogP contribution >= 0.6 is 15.9 Å². The van der Waals surface area contributed by atoms with Gasteiger partial charge in [0, 0.05) is 21.8 Å². The molecule has 4 nitrogen and oxygen atoms in total. The topological polar surface area (TPSA) is 61.4 Å². The number of rotatable bonds is 6. The van der Waals surface area contributed by atoms with Gasteiger partial charge in [-0.2, -0.15) is 0 Å². The van der Waals surface area contributed by atoms with Gasteiger partial charge in [-0.15, -0.1) is 0 Å². The fraction of sp³-hybridized carbons (Fsp3) is 0.462. The molecule has 100 valence electrons. The first-order valence-corrected chi connectivity index (χ1v) is 6.78. The molecule has 1 atom stereocenters. The van der Waals surface area contributed by atoms with E-state index < -0.39 is 0 Å². The number of benzene rings is 1. The smallest absolute Gasteiger partial charge is 0.239 e. The molecule has 0 saturated carbocycles. The normalized spacial score (nSPS) is 12.0. The van der Waals surface area contributed by atoms with Gasteiger partial charge in [0.15, 0.2) is 0 Å². The number of hydrogen-bond donors (Lipinski definition) is 3. The second kappa shape index (κ2) is 7.38. The van der Waals surface area contributed by atoms with Crippen LogP contribution in [0.4, 0.5) is 5.69 Å². The first kappa shape index (κ1) is 15.0. The minimum Gasteiger partial charge on any atom is -0.392 e. The number of anilines is 1. The molecule has 18 heavy (non-hydrogen) atoms. The van der Waals surface area contributed by atoms with Crippen molar-refractivity contribution in [2.45, 2.75) is 32.9 Å². The number of carbonyl (C=O) groups is 1. The van der Waals surface area contributed by atoms with Crippen molar-refractivity contribution in [2.24, 2.45) is 0 Å². The lowest BCUT2D eigenvalue weighted by Crippen LogP contribution is -2.36. The van der Waals surface area contributed by atoms with E-state index in [-0.39, 0.29) is 25.1 Å². The maximum atomic E-state index is 11.6. The van der Waals surface area contributed by atoms with Gasteiger partial charge >= 0.3 is 0 Å². The molecule has 0 saturated heterocycles. The SMILES string of the molecule is CCC(C)NC(=O)CNc1cc(Br)ccc1CO. The van der Waals surface area contributed by atoms with Crippen LogP contribution in [-0.4, -0.2) is 23.6 Å². The summed E-state index contributed by atoms with van der Waals surface area (Å²) in [5, 5.41) is 15.1. The number of halogens is 1. The number of aliphatic hydroxyl groups excluding tert-OH is 1. The van der Waals surface area contributed by atoms with Gasteiger partial charge in [-0.1, -0.05) is 28.9 Å². The molecule has 0 fully saturated rings. The van der Waals surface area contributed by atoms with E-state index in [1.165, 1.54) is 0 Å². The summed E-state index contributed by atoms with van der Waals surface area (Å²) in [5.74, 6) is -0.0479.